The molecule has 0 unspecified atom stereocenters. The van der Waals surface area contributed by atoms with E-state index in [0.717, 1.165) is 0 Å². The second-order valence-electron chi connectivity index (χ2n) is 2.47. The summed E-state index contributed by atoms with van der Waals surface area (Å²) in [4.78, 5) is 30.9. The van der Waals surface area contributed by atoms with Crippen molar-refractivity contribution in [1.29, 1.82) is 0 Å². The minimum absolute atomic E-state index is 0.0106. The summed E-state index contributed by atoms with van der Waals surface area (Å²) in [5.74, 6) is -4.47. The molecular weight excluding hydrogens is 164 g/mol. The zero-order chi connectivity index (χ0) is 9.72. The van der Waals surface area contributed by atoms with E-state index in [2.05, 4.69) is 0 Å². The van der Waals surface area contributed by atoms with Crippen LogP contribution < -0.4 is 0 Å². The Morgan fingerprint density at radius 3 is 1.83 bits per heavy atom. The summed E-state index contributed by atoms with van der Waals surface area (Å²) in [5.41, 5.74) is 0. The molecule has 0 saturated carbocycles. The molecule has 5 heteroatoms. The summed E-state index contributed by atoms with van der Waals surface area (Å²) in [6.07, 6.45) is -0.150. The lowest BCUT2D eigenvalue weighted by molar-refractivity contribution is -0.154. The molecule has 0 radical (unpaired) electrons. The average molecular weight is 174 g/mol. The fourth-order valence-corrected chi connectivity index (χ4v) is 0.700. The van der Waals surface area contributed by atoms with Crippen molar-refractivity contribution in [2.45, 2.75) is 19.8 Å². The molecule has 0 rings (SSSR count). The van der Waals surface area contributed by atoms with Crippen LogP contribution in [0, 0.1) is 5.92 Å². The number of rotatable bonds is 5. The van der Waals surface area contributed by atoms with Crippen LogP contribution in [0.4, 0.5) is 0 Å². The first kappa shape index (κ1) is 10.6. The Balaban J connectivity index is 4.06. The van der Waals surface area contributed by atoms with Gasteiger partial charge in [0.05, 0.1) is 0 Å². The van der Waals surface area contributed by atoms with Gasteiger partial charge < -0.3 is 15.0 Å². The predicted octanol–water partition coefficient (Wildman–Crippen LogP) is 0.141. The highest BCUT2D eigenvalue weighted by atomic mass is 16.4. The van der Waals surface area contributed by atoms with E-state index in [9.17, 15) is 14.4 Å². The number of hydrogen-bond acceptors (Lipinski definition) is 3. The van der Waals surface area contributed by atoms with Crippen LogP contribution >= 0.6 is 0 Å². The Hall–Kier alpha value is -1.39. The Kier molecular flexibility index (Phi) is 3.96. The van der Waals surface area contributed by atoms with Gasteiger partial charge >= 0.3 is 11.9 Å². The molecule has 12 heavy (non-hydrogen) atoms. The van der Waals surface area contributed by atoms with Crippen LogP contribution in [0.25, 0.3) is 0 Å². The van der Waals surface area contributed by atoms with Crippen molar-refractivity contribution >= 4 is 17.7 Å². The van der Waals surface area contributed by atoms with E-state index in [-0.39, 0.29) is 18.6 Å². The lowest BCUT2D eigenvalue weighted by Gasteiger charge is -2.04. The number of Topliss-reactive ketones (excluding diaryl/α,β-unsaturated/α-hetero) is 1. The monoisotopic (exact) mass is 174 g/mol. The van der Waals surface area contributed by atoms with Crippen LogP contribution in [0.15, 0.2) is 0 Å². The van der Waals surface area contributed by atoms with Gasteiger partial charge in [-0.1, -0.05) is 0 Å². The molecule has 0 aliphatic heterocycles. The molecule has 0 bridgehead atoms. The molecule has 0 spiro atoms. The zero-order valence-corrected chi connectivity index (χ0v) is 6.61. The number of hydrogen-bond donors (Lipinski definition) is 2. The molecule has 2 N–H and O–H groups in total. The molecule has 0 saturated heterocycles. The topological polar surface area (TPSA) is 91.7 Å². The molecule has 0 atom stereocenters. The third-order valence-corrected chi connectivity index (χ3v) is 1.38. The summed E-state index contributed by atoms with van der Waals surface area (Å²) in [5, 5.41) is 16.7. The Bertz CT molecular complexity index is 194. The van der Waals surface area contributed by atoms with Crippen molar-refractivity contribution in [3.05, 3.63) is 0 Å². The highest BCUT2D eigenvalue weighted by Gasteiger charge is 2.25. The van der Waals surface area contributed by atoms with Gasteiger partial charge in [0.15, 0.2) is 5.92 Å². The van der Waals surface area contributed by atoms with Gasteiger partial charge in [0.2, 0.25) is 0 Å². The molecule has 0 amide bonds. The maximum Gasteiger partial charge on any atom is 0.317 e. The standard InChI is InChI=1S/C7H10O5/c1-4(8)2-3-5(6(9)10)7(11)12/h5H,2-3H2,1H3,(H,9,10)(H,11,12). The number of carbonyl (C=O) groups is 3. The highest BCUT2D eigenvalue weighted by molar-refractivity contribution is 5.93. The molecule has 0 aromatic carbocycles. The summed E-state index contributed by atoms with van der Waals surface area (Å²) in [7, 11) is 0. The largest absolute Gasteiger partial charge is 0.481 e. The lowest BCUT2D eigenvalue weighted by atomic mass is 10.0. The number of aliphatic carboxylic acids is 2. The molecule has 0 aromatic heterocycles. The van der Waals surface area contributed by atoms with E-state index in [0.29, 0.717) is 0 Å². The first-order valence-corrected chi connectivity index (χ1v) is 3.40. The Labute approximate surface area is 69.0 Å². The third-order valence-electron chi connectivity index (χ3n) is 1.38. The van der Waals surface area contributed by atoms with Crippen molar-refractivity contribution < 1.29 is 24.6 Å². The molecule has 0 aliphatic carbocycles. The van der Waals surface area contributed by atoms with E-state index >= 15 is 0 Å². The molecular formula is C7H10O5. The quantitative estimate of drug-likeness (QED) is 0.578. The molecule has 0 heterocycles. The summed E-state index contributed by atoms with van der Waals surface area (Å²) in [6.45, 7) is 1.29. The molecule has 68 valence electrons. The number of carbonyl (C=O) groups excluding carboxylic acids is 1. The van der Waals surface area contributed by atoms with Crippen molar-refractivity contribution in [2.75, 3.05) is 0 Å². The third kappa shape index (κ3) is 3.70. The van der Waals surface area contributed by atoms with Crippen molar-refractivity contribution in [3.8, 4) is 0 Å². The molecule has 5 nitrogen and oxygen atoms in total. The first-order valence-electron chi connectivity index (χ1n) is 3.40. The van der Waals surface area contributed by atoms with Gasteiger partial charge in [0, 0.05) is 6.42 Å². The van der Waals surface area contributed by atoms with Crippen molar-refractivity contribution in [1.82, 2.24) is 0 Å². The van der Waals surface area contributed by atoms with Gasteiger partial charge in [-0.25, -0.2) is 0 Å². The molecule has 0 aliphatic rings. The summed E-state index contributed by atoms with van der Waals surface area (Å²) >= 11 is 0. The second-order valence-corrected chi connectivity index (χ2v) is 2.47. The van der Waals surface area contributed by atoms with Gasteiger partial charge in [0.1, 0.15) is 5.78 Å². The maximum atomic E-state index is 10.4. The molecule has 0 aromatic rings. The SMILES string of the molecule is CC(=O)CCC(C(=O)O)C(=O)O. The van der Waals surface area contributed by atoms with E-state index in [1.165, 1.54) is 6.92 Å². The first-order chi connectivity index (χ1) is 5.45. The van der Waals surface area contributed by atoms with E-state index in [1.807, 2.05) is 0 Å². The molecule has 0 fully saturated rings. The van der Waals surface area contributed by atoms with E-state index < -0.39 is 17.9 Å². The van der Waals surface area contributed by atoms with Gasteiger partial charge in [0.25, 0.3) is 0 Å². The predicted molar refractivity (Wildman–Crippen MR) is 38.7 cm³/mol. The van der Waals surface area contributed by atoms with Crippen LogP contribution in [0.3, 0.4) is 0 Å². The van der Waals surface area contributed by atoms with E-state index in [4.69, 9.17) is 10.2 Å². The average Bonchev–Trinajstić information content (AvgIpc) is 1.84. The Morgan fingerprint density at radius 2 is 1.58 bits per heavy atom. The maximum absolute atomic E-state index is 10.4. The van der Waals surface area contributed by atoms with Crippen LogP contribution in [0.5, 0.6) is 0 Å². The minimum Gasteiger partial charge on any atom is -0.481 e. The van der Waals surface area contributed by atoms with Gasteiger partial charge in [-0.2, -0.15) is 0 Å². The van der Waals surface area contributed by atoms with Gasteiger partial charge in [-0.15, -0.1) is 0 Å². The lowest BCUT2D eigenvalue weighted by Crippen LogP contribution is -2.23. The van der Waals surface area contributed by atoms with Crippen LogP contribution in [0.1, 0.15) is 19.8 Å². The van der Waals surface area contributed by atoms with Crippen LogP contribution in [-0.2, 0) is 14.4 Å². The van der Waals surface area contributed by atoms with Gasteiger partial charge in [-0.05, 0) is 13.3 Å². The highest BCUT2D eigenvalue weighted by Crippen LogP contribution is 2.07. The minimum atomic E-state index is -1.46. The summed E-state index contributed by atoms with van der Waals surface area (Å²) in [6, 6.07) is 0. The number of ketones is 1. The number of carboxylic acid groups (broad SMARTS) is 2. The van der Waals surface area contributed by atoms with Gasteiger partial charge in [-0.3, -0.25) is 9.59 Å². The summed E-state index contributed by atoms with van der Waals surface area (Å²) < 4.78 is 0. The van der Waals surface area contributed by atoms with Crippen LogP contribution in [-0.4, -0.2) is 27.9 Å². The second kappa shape index (κ2) is 4.48. The fraction of sp³-hybridized carbons (Fsp3) is 0.571. The number of carboxylic acids is 2. The van der Waals surface area contributed by atoms with E-state index in [1.54, 1.807) is 0 Å². The van der Waals surface area contributed by atoms with Crippen LogP contribution in [0.2, 0.25) is 0 Å². The Morgan fingerprint density at radius 1 is 1.17 bits per heavy atom. The van der Waals surface area contributed by atoms with Crippen molar-refractivity contribution in [3.63, 3.8) is 0 Å². The zero-order valence-electron chi connectivity index (χ0n) is 6.61. The smallest absolute Gasteiger partial charge is 0.317 e. The van der Waals surface area contributed by atoms with Crippen molar-refractivity contribution in [2.24, 2.45) is 5.92 Å². The normalized spacial score (nSPS) is 9.83. The fourth-order valence-electron chi connectivity index (χ4n) is 0.700.